The van der Waals surface area contributed by atoms with E-state index < -0.39 is 6.04 Å². The van der Waals surface area contributed by atoms with Crippen LogP contribution in [0.15, 0.2) is 29.4 Å². The van der Waals surface area contributed by atoms with Gasteiger partial charge < -0.3 is 21.5 Å². The molecule has 1 unspecified atom stereocenters. The molecule has 2 aromatic carbocycles. The molecular formula is C19H19ClN6O2S. The summed E-state index contributed by atoms with van der Waals surface area (Å²) in [6.45, 7) is 1.05. The Kier molecular flexibility index (Phi) is 5.55. The second kappa shape index (κ2) is 8.11. The lowest BCUT2D eigenvalue weighted by Crippen LogP contribution is -2.40. The van der Waals surface area contributed by atoms with E-state index in [9.17, 15) is 4.79 Å². The van der Waals surface area contributed by atoms with Gasteiger partial charge in [-0.15, -0.1) is 0 Å². The first-order valence-electron chi connectivity index (χ1n) is 8.90. The number of hydrogen-bond donors (Lipinski definition) is 3. The van der Waals surface area contributed by atoms with Crippen molar-refractivity contribution in [2.24, 2.45) is 5.73 Å². The largest absolute Gasteiger partial charge is 0.372 e. The highest BCUT2D eigenvalue weighted by molar-refractivity contribution is 7.99. The number of thioether (sulfide) groups is 1. The molecule has 0 saturated carbocycles. The van der Waals surface area contributed by atoms with Crippen molar-refractivity contribution in [1.82, 2.24) is 20.3 Å². The number of halogens is 1. The van der Waals surface area contributed by atoms with Gasteiger partial charge in [-0.3, -0.25) is 4.79 Å². The number of hydrogen-bond acceptors (Lipinski definition) is 8. The van der Waals surface area contributed by atoms with Crippen molar-refractivity contribution in [3.8, 4) is 11.4 Å². The number of likely N-dealkylation sites (N-methyl/N-ethyl adjacent to an activating group) is 1. The number of rotatable bonds is 5. The molecule has 1 atom stereocenters. The molecule has 0 radical (unpaired) electrons. The second-order valence-corrected chi connectivity index (χ2v) is 7.95. The van der Waals surface area contributed by atoms with Crippen LogP contribution in [-0.2, 0) is 22.7 Å². The summed E-state index contributed by atoms with van der Waals surface area (Å²) >= 11 is 7.85. The standard InChI is InChI=1S/C19H19ClN6O2S/c1-23-17(27)13(21)8-29-19-25-16(24-18(22)26-19)15-11-4-2-3-9-6-28-7-10(14(9)11)5-12(15)20/h2-5,13H,6-8,21H2,1H3,(H,23,27)(H2,22,24,25,26). The number of nitrogens with two attached hydrogens (primary N) is 2. The zero-order valence-electron chi connectivity index (χ0n) is 15.6. The van der Waals surface area contributed by atoms with E-state index >= 15 is 0 Å². The number of ether oxygens (including phenoxy) is 1. The average molecular weight is 431 g/mol. The summed E-state index contributed by atoms with van der Waals surface area (Å²) in [5, 5.41) is 5.46. The van der Waals surface area contributed by atoms with E-state index in [-0.39, 0.29) is 11.9 Å². The van der Waals surface area contributed by atoms with Crippen molar-refractivity contribution in [1.29, 1.82) is 0 Å². The second-order valence-electron chi connectivity index (χ2n) is 6.56. The lowest BCUT2D eigenvalue weighted by molar-refractivity contribution is -0.121. The smallest absolute Gasteiger partial charge is 0.237 e. The van der Waals surface area contributed by atoms with Crippen LogP contribution >= 0.6 is 23.4 Å². The Morgan fingerprint density at radius 2 is 2.10 bits per heavy atom. The van der Waals surface area contributed by atoms with Crippen LogP contribution in [0, 0.1) is 0 Å². The fourth-order valence-electron chi connectivity index (χ4n) is 3.32. The minimum Gasteiger partial charge on any atom is -0.372 e. The number of nitrogen functional groups attached to an aromatic ring is 1. The average Bonchev–Trinajstić information content (AvgIpc) is 2.71. The van der Waals surface area contributed by atoms with E-state index in [1.54, 1.807) is 0 Å². The fraction of sp³-hybridized carbons (Fsp3) is 0.263. The summed E-state index contributed by atoms with van der Waals surface area (Å²) < 4.78 is 5.64. The summed E-state index contributed by atoms with van der Waals surface area (Å²) in [6, 6.07) is 7.18. The minimum absolute atomic E-state index is 0.0749. The van der Waals surface area contributed by atoms with E-state index in [4.69, 9.17) is 27.8 Å². The number of carbonyl (C=O) groups excluding carboxylic acids is 1. The molecule has 10 heteroatoms. The van der Waals surface area contributed by atoms with E-state index in [0.29, 0.717) is 40.5 Å². The number of carbonyl (C=O) groups is 1. The molecular weight excluding hydrogens is 412 g/mol. The summed E-state index contributed by atoms with van der Waals surface area (Å²) in [4.78, 5) is 24.6. The van der Waals surface area contributed by atoms with Crippen LogP contribution in [0.2, 0.25) is 5.02 Å². The van der Waals surface area contributed by atoms with Crippen LogP contribution in [0.25, 0.3) is 22.2 Å². The molecule has 1 aliphatic heterocycles. The predicted octanol–water partition coefficient (Wildman–Crippen LogP) is 2.12. The summed E-state index contributed by atoms with van der Waals surface area (Å²) in [6.07, 6.45) is 0. The van der Waals surface area contributed by atoms with Gasteiger partial charge in [0.05, 0.1) is 24.3 Å². The van der Waals surface area contributed by atoms with Gasteiger partial charge in [0.15, 0.2) is 11.0 Å². The Bertz CT molecular complexity index is 1110. The van der Waals surface area contributed by atoms with Crippen LogP contribution in [0.4, 0.5) is 5.95 Å². The van der Waals surface area contributed by atoms with Crippen LogP contribution < -0.4 is 16.8 Å². The van der Waals surface area contributed by atoms with Gasteiger partial charge in [0.1, 0.15) is 0 Å². The summed E-state index contributed by atoms with van der Waals surface area (Å²) in [5.41, 5.74) is 14.6. The van der Waals surface area contributed by atoms with Crippen molar-refractivity contribution in [2.75, 3.05) is 18.5 Å². The molecule has 2 heterocycles. The molecule has 1 amide bonds. The Hall–Kier alpha value is -2.46. The number of anilines is 1. The fourth-order valence-corrected chi connectivity index (χ4v) is 4.43. The van der Waals surface area contributed by atoms with Crippen molar-refractivity contribution >= 4 is 46.0 Å². The maximum absolute atomic E-state index is 11.6. The predicted molar refractivity (Wildman–Crippen MR) is 113 cm³/mol. The first kappa shape index (κ1) is 19.8. The number of aromatic nitrogens is 3. The van der Waals surface area contributed by atoms with E-state index in [0.717, 1.165) is 21.9 Å². The Labute approximate surface area is 176 Å². The monoisotopic (exact) mass is 430 g/mol. The highest BCUT2D eigenvalue weighted by Gasteiger charge is 2.21. The molecule has 5 N–H and O–H groups in total. The van der Waals surface area contributed by atoms with Crippen molar-refractivity contribution in [3.63, 3.8) is 0 Å². The molecule has 0 aliphatic carbocycles. The zero-order chi connectivity index (χ0) is 20.5. The van der Waals surface area contributed by atoms with Crippen LogP contribution in [0.3, 0.4) is 0 Å². The van der Waals surface area contributed by atoms with Crippen molar-refractivity contribution < 1.29 is 9.53 Å². The number of nitrogens with one attached hydrogen (secondary N) is 1. The normalized spacial score (nSPS) is 14.0. The Morgan fingerprint density at radius 3 is 2.90 bits per heavy atom. The Balaban J connectivity index is 1.77. The molecule has 1 aromatic heterocycles. The summed E-state index contributed by atoms with van der Waals surface area (Å²) in [7, 11) is 1.54. The van der Waals surface area contributed by atoms with Crippen molar-refractivity contribution in [3.05, 3.63) is 40.4 Å². The molecule has 29 heavy (non-hydrogen) atoms. The Morgan fingerprint density at radius 1 is 1.31 bits per heavy atom. The first-order valence-corrected chi connectivity index (χ1v) is 10.3. The van der Waals surface area contributed by atoms with E-state index in [1.807, 2.05) is 24.3 Å². The maximum atomic E-state index is 11.6. The third kappa shape index (κ3) is 3.86. The van der Waals surface area contributed by atoms with Crippen LogP contribution in [-0.4, -0.2) is 39.7 Å². The molecule has 4 rings (SSSR count). The molecule has 0 saturated heterocycles. The molecule has 0 bridgehead atoms. The maximum Gasteiger partial charge on any atom is 0.237 e. The highest BCUT2D eigenvalue weighted by Crippen LogP contribution is 2.39. The molecule has 150 valence electrons. The molecule has 0 spiro atoms. The van der Waals surface area contributed by atoms with Gasteiger partial charge in [0.2, 0.25) is 11.9 Å². The zero-order valence-corrected chi connectivity index (χ0v) is 17.2. The SMILES string of the molecule is CNC(=O)C(N)CSc1nc(N)nc(-c2c(Cl)cc3c4c(cccc24)COC3)n1. The molecule has 8 nitrogen and oxygen atoms in total. The lowest BCUT2D eigenvalue weighted by Gasteiger charge is -2.20. The first-order chi connectivity index (χ1) is 14.0. The van der Waals surface area contributed by atoms with Crippen molar-refractivity contribution in [2.45, 2.75) is 24.4 Å². The van der Waals surface area contributed by atoms with Gasteiger partial charge in [-0.25, -0.2) is 4.98 Å². The van der Waals surface area contributed by atoms with Gasteiger partial charge in [-0.2, -0.15) is 9.97 Å². The van der Waals surface area contributed by atoms with Gasteiger partial charge in [0.25, 0.3) is 0 Å². The van der Waals surface area contributed by atoms with Gasteiger partial charge in [-0.1, -0.05) is 41.6 Å². The number of benzene rings is 2. The van der Waals surface area contributed by atoms with Gasteiger partial charge in [0, 0.05) is 18.4 Å². The van der Waals surface area contributed by atoms with E-state index in [1.165, 1.54) is 18.8 Å². The minimum atomic E-state index is -0.685. The van der Waals surface area contributed by atoms with Crippen LogP contribution in [0.1, 0.15) is 11.1 Å². The highest BCUT2D eigenvalue weighted by atomic mass is 35.5. The number of amides is 1. The third-order valence-corrected chi connectivity index (χ3v) is 5.89. The molecule has 0 fully saturated rings. The van der Waals surface area contributed by atoms with Gasteiger partial charge in [-0.05, 0) is 28.0 Å². The third-order valence-electron chi connectivity index (χ3n) is 4.63. The lowest BCUT2D eigenvalue weighted by atomic mass is 9.94. The molecule has 3 aromatic rings. The van der Waals surface area contributed by atoms with E-state index in [2.05, 4.69) is 20.3 Å². The van der Waals surface area contributed by atoms with Crippen LogP contribution in [0.5, 0.6) is 0 Å². The number of nitrogens with zero attached hydrogens (tertiary/aromatic N) is 3. The topological polar surface area (TPSA) is 129 Å². The summed E-state index contributed by atoms with van der Waals surface area (Å²) in [5.74, 6) is 0.505. The molecule has 1 aliphatic rings. The van der Waals surface area contributed by atoms with Gasteiger partial charge >= 0.3 is 0 Å². The quantitative estimate of drug-likeness (QED) is 0.525.